The highest BCUT2D eigenvalue weighted by atomic mass is 35.5. The van der Waals surface area contributed by atoms with Crippen LogP contribution in [-0.4, -0.2) is 22.1 Å². The summed E-state index contributed by atoms with van der Waals surface area (Å²) >= 11 is 7.35. The van der Waals surface area contributed by atoms with E-state index in [1.165, 1.54) is 22.7 Å². The van der Waals surface area contributed by atoms with Gasteiger partial charge >= 0.3 is 0 Å². The molecule has 0 fully saturated rings. The summed E-state index contributed by atoms with van der Waals surface area (Å²) in [7, 11) is 0. The van der Waals surface area contributed by atoms with Gasteiger partial charge in [0.05, 0.1) is 12.2 Å². The number of thioether (sulfide) groups is 1. The largest absolute Gasteiger partial charge is 0.341 e. The molecule has 5 aromatic rings. The Kier molecular flexibility index (Phi) is 7.49. The molecule has 0 aliphatic heterocycles. The SMILES string of the molecule is CCn1c2ccccc2c2cc(NC(=O)CSc3ccc(NC(=O)Cc4ccc(Cl)cc4)cc3)ccc21. The Morgan fingerprint density at radius 1 is 0.784 bits per heavy atom. The highest BCUT2D eigenvalue weighted by Gasteiger charge is 2.11. The van der Waals surface area contributed by atoms with Gasteiger partial charge in [0.1, 0.15) is 0 Å². The van der Waals surface area contributed by atoms with E-state index in [1.54, 1.807) is 12.1 Å². The molecule has 0 aliphatic rings. The molecule has 0 unspecified atom stereocenters. The minimum atomic E-state index is -0.0962. The summed E-state index contributed by atoms with van der Waals surface area (Å²) in [5.41, 5.74) is 4.76. The van der Waals surface area contributed by atoms with E-state index in [4.69, 9.17) is 11.6 Å². The molecule has 2 amide bonds. The highest BCUT2D eigenvalue weighted by molar-refractivity contribution is 8.00. The molecule has 1 heterocycles. The van der Waals surface area contributed by atoms with E-state index in [1.807, 2.05) is 54.6 Å². The van der Waals surface area contributed by atoms with Crippen molar-refractivity contribution in [3.05, 3.63) is 102 Å². The van der Waals surface area contributed by atoms with Gasteiger partial charge in [-0.3, -0.25) is 9.59 Å². The number of fused-ring (bicyclic) bond motifs is 3. The van der Waals surface area contributed by atoms with Gasteiger partial charge in [-0.05, 0) is 73.2 Å². The third-order valence-electron chi connectivity index (χ3n) is 6.16. The van der Waals surface area contributed by atoms with E-state index in [0.717, 1.165) is 33.6 Å². The number of anilines is 2. The predicted octanol–water partition coefficient (Wildman–Crippen LogP) is 7.38. The van der Waals surface area contributed by atoms with Gasteiger partial charge in [-0.25, -0.2) is 0 Å². The molecule has 0 aliphatic carbocycles. The molecule has 37 heavy (non-hydrogen) atoms. The molecule has 186 valence electrons. The first-order valence-corrected chi connectivity index (χ1v) is 13.4. The Hall–Kier alpha value is -3.74. The second-order valence-corrected chi connectivity index (χ2v) is 10.2. The lowest BCUT2D eigenvalue weighted by Gasteiger charge is -2.08. The number of hydrogen-bond donors (Lipinski definition) is 2. The van der Waals surface area contributed by atoms with Gasteiger partial charge in [0.2, 0.25) is 11.8 Å². The normalized spacial score (nSPS) is 11.1. The monoisotopic (exact) mass is 527 g/mol. The Morgan fingerprint density at radius 2 is 1.46 bits per heavy atom. The maximum absolute atomic E-state index is 12.7. The van der Waals surface area contributed by atoms with Crippen LogP contribution in [0.15, 0.2) is 95.9 Å². The van der Waals surface area contributed by atoms with E-state index in [-0.39, 0.29) is 24.0 Å². The maximum atomic E-state index is 12.7. The summed E-state index contributed by atoms with van der Waals surface area (Å²) in [6.45, 7) is 3.03. The molecule has 0 radical (unpaired) electrons. The summed E-state index contributed by atoms with van der Waals surface area (Å²) < 4.78 is 2.29. The lowest BCUT2D eigenvalue weighted by molar-refractivity contribution is -0.115. The fourth-order valence-corrected chi connectivity index (χ4v) is 5.27. The first kappa shape index (κ1) is 24.9. The zero-order chi connectivity index (χ0) is 25.8. The number of carbonyl (C=O) groups excluding carboxylic acids is 2. The summed E-state index contributed by atoms with van der Waals surface area (Å²) in [6, 6.07) is 29.1. The van der Waals surface area contributed by atoms with Crippen LogP contribution in [0.4, 0.5) is 11.4 Å². The number of nitrogens with zero attached hydrogens (tertiary/aromatic N) is 1. The quantitative estimate of drug-likeness (QED) is 0.207. The number of hydrogen-bond acceptors (Lipinski definition) is 3. The number of benzene rings is 4. The van der Waals surface area contributed by atoms with Crippen LogP contribution in [0, 0.1) is 0 Å². The molecule has 1 aromatic heterocycles. The molecule has 4 aromatic carbocycles. The Bertz CT molecular complexity index is 1580. The molecule has 0 spiro atoms. The van der Waals surface area contributed by atoms with Crippen LogP contribution in [0.1, 0.15) is 12.5 Å². The van der Waals surface area contributed by atoms with Crippen molar-refractivity contribution in [2.75, 3.05) is 16.4 Å². The zero-order valence-electron chi connectivity index (χ0n) is 20.3. The van der Waals surface area contributed by atoms with E-state index in [9.17, 15) is 9.59 Å². The smallest absolute Gasteiger partial charge is 0.234 e. The fourth-order valence-electron chi connectivity index (χ4n) is 4.45. The van der Waals surface area contributed by atoms with E-state index in [0.29, 0.717) is 10.7 Å². The van der Waals surface area contributed by atoms with Crippen molar-refractivity contribution in [3.63, 3.8) is 0 Å². The fraction of sp³-hybridized carbons (Fsp3) is 0.133. The molecule has 7 heteroatoms. The lowest BCUT2D eigenvalue weighted by atomic mass is 10.1. The van der Waals surface area contributed by atoms with Gasteiger partial charge in [0.15, 0.2) is 0 Å². The molecule has 2 N–H and O–H groups in total. The van der Waals surface area contributed by atoms with Crippen LogP contribution >= 0.6 is 23.4 Å². The Morgan fingerprint density at radius 3 is 2.22 bits per heavy atom. The van der Waals surface area contributed by atoms with Crippen molar-refractivity contribution in [1.29, 1.82) is 0 Å². The first-order valence-electron chi connectivity index (χ1n) is 12.1. The van der Waals surface area contributed by atoms with Gasteiger partial charge in [-0.1, -0.05) is 41.9 Å². The van der Waals surface area contributed by atoms with Crippen molar-refractivity contribution in [2.45, 2.75) is 24.8 Å². The molecule has 0 bridgehead atoms. The Labute approximate surface area is 224 Å². The number of carbonyl (C=O) groups is 2. The molecular weight excluding hydrogens is 502 g/mol. The van der Waals surface area contributed by atoms with E-state index >= 15 is 0 Å². The maximum Gasteiger partial charge on any atom is 0.234 e. The van der Waals surface area contributed by atoms with Crippen LogP contribution in [0.25, 0.3) is 21.8 Å². The number of aryl methyl sites for hydroxylation is 1. The summed E-state index contributed by atoms with van der Waals surface area (Å²) in [6.07, 6.45) is 0.276. The number of nitrogens with one attached hydrogen (secondary N) is 2. The summed E-state index contributed by atoms with van der Waals surface area (Å²) in [5.74, 6) is 0.127. The first-order chi connectivity index (χ1) is 18.0. The number of para-hydroxylation sites is 1. The van der Waals surface area contributed by atoms with Crippen molar-refractivity contribution >= 4 is 68.4 Å². The number of amides is 2. The Balaban J connectivity index is 1.16. The number of aromatic nitrogens is 1. The molecular formula is C30H26ClN3O2S. The van der Waals surface area contributed by atoms with Gasteiger partial charge < -0.3 is 15.2 Å². The van der Waals surface area contributed by atoms with Gasteiger partial charge in [-0.15, -0.1) is 11.8 Å². The van der Waals surface area contributed by atoms with E-state index in [2.05, 4.69) is 46.4 Å². The van der Waals surface area contributed by atoms with Crippen LogP contribution < -0.4 is 10.6 Å². The van der Waals surface area contributed by atoms with E-state index < -0.39 is 0 Å². The van der Waals surface area contributed by atoms with Crippen molar-refractivity contribution < 1.29 is 9.59 Å². The van der Waals surface area contributed by atoms with Gasteiger partial charge in [0.25, 0.3) is 0 Å². The van der Waals surface area contributed by atoms with Crippen LogP contribution in [0.3, 0.4) is 0 Å². The highest BCUT2D eigenvalue weighted by Crippen LogP contribution is 2.31. The number of rotatable bonds is 8. The molecule has 0 saturated carbocycles. The second-order valence-electron chi connectivity index (χ2n) is 8.71. The average molecular weight is 528 g/mol. The van der Waals surface area contributed by atoms with Gasteiger partial charge in [0, 0.05) is 49.6 Å². The van der Waals surface area contributed by atoms with Crippen LogP contribution in [-0.2, 0) is 22.6 Å². The van der Waals surface area contributed by atoms with Crippen LogP contribution in [0.5, 0.6) is 0 Å². The molecule has 0 saturated heterocycles. The van der Waals surface area contributed by atoms with Crippen molar-refractivity contribution in [1.82, 2.24) is 4.57 Å². The molecule has 5 nitrogen and oxygen atoms in total. The lowest BCUT2D eigenvalue weighted by Crippen LogP contribution is -2.14. The molecule has 0 atom stereocenters. The van der Waals surface area contributed by atoms with Crippen LogP contribution in [0.2, 0.25) is 5.02 Å². The average Bonchev–Trinajstić information content (AvgIpc) is 3.22. The zero-order valence-corrected chi connectivity index (χ0v) is 21.9. The third kappa shape index (κ3) is 5.82. The number of halogens is 1. The summed E-state index contributed by atoms with van der Waals surface area (Å²) in [5, 5.41) is 8.89. The minimum Gasteiger partial charge on any atom is -0.341 e. The van der Waals surface area contributed by atoms with Crippen molar-refractivity contribution in [3.8, 4) is 0 Å². The topological polar surface area (TPSA) is 63.1 Å². The third-order valence-corrected chi connectivity index (χ3v) is 7.42. The van der Waals surface area contributed by atoms with Gasteiger partial charge in [-0.2, -0.15) is 0 Å². The molecule has 5 rings (SSSR count). The van der Waals surface area contributed by atoms with Crippen molar-refractivity contribution in [2.24, 2.45) is 0 Å². The predicted molar refractivity (Wildman–Crippen MR) is 155 cm³/mol. The summed E-state index contributed by atoms with van der Waals surface area (Å²) in [4.78, 5) is 25.9. The second kappa shape index (κ2) is 11.1. The standard InChI is InChI=1S/C30H26ClN3O2S/c1-2-34-27-6-4-3-5-25(27)26-18-23(13-16-28(26)34)33-30(36)19-37-24-14-11-22(12-15-24)32-29(35)17-20-7-9-21(31)10-8-20/h3-16,18H,2,17,19H2,1H3,(H,32,35)(H,33,36). The minimum absolute atomic E-state index is 0.0658.